The Morgan fingerprint density at radius 2 is 2.16 bits per heavy atom. The van der Waals surface area contributed by atoms with Gasteiger partial charge in [-0.2, -0.15) is 0 Å². The van der Waals surface area contributed by atoms with E-state index >= 15 is 0 Å². The minimum absolute atomic E-state index is 0.546. The molecule has 0 aliphatic carbocycles. The molecular formula is C15H17N3S. The van der Waals surface area contributed by atoms with Crippen LogP contribution < -0.4 is 5.32 Å². The Morgan fingerprint density at radius 3 is 3.00 bits per heavy atom. The SMILES string of the molecule is Cc1cccc(-c2[nH]c(=S)nc3c2CCCCN3)c1. The summed E-state index contributed by atoms with van der Waals surface area (Å²) in [6, 6.07) is 8.50. The molecule has 2 aromatic rings. The molecule has 4 heteroatoms. The number of aromatic amines is 1. The van der Waals surface area contributed by atoms with Crippen LogP contribution in [0.2, 0.25) is 0 Å². The Kier molecular flexibility index (Phi) is 3.34. The van der Waals surface area contributed by atoms with E-state index in [9.17, 15) is 0 Å². The average molecular weight is 271 g/mol. The van der Waals surface area contributed by atoms with E-state index in [0.717, 1.165) is 24.5 Å². The highest BCUT2D eigenvalue weighted by molar-refractivity contribution is 7.71. The van der Waals surface area contributed by atoms with Crippen LogP contribution in [0.3, 0.4) is 0 Å². The predicted octanol–water partition coefficient (Wildman–Crippen LogP) is 3.86. The van der Waals surface area contributed by atoms with Gasteiger partial charge in [0.2, 0.25) is 0 Å². The molecule has 1 aromatic carbocycles. The van der Waals surface area contributed by atoms with Crippen LogP contribution in [0.5, 0.6) is 0 Å². The van der Waals surface area contributed by atoms with Gasteiger partial charge in [0.25, 0.3) is 0 Å². The Bertz CT molecular complexity index is 661. The Morgan fingerprint density at radius 1 is 1.26 bits per heavy atom. The van der Waals surface area contributed by atoms with Crippen molar-refractivity contribution in [3.63, 3.8) is 0 Å². The molecule has 1 aromatic heterocycles. The van der Waals surface area contributed by atoms with Crippen molar-refractivity contribution in [1.29, 1.82) is 0 Å². The molecule has 0 unspecified atom stereocenters. The highest BCUT2D eigenvalue weighted by Gasteiger charge is 2.15. The molecule has 1 aliphatic heterocycles. The Labute approximate surface area is 118 Å². The molecule has 0 radical (unpaired) electrons. The van der Waals surface area contributed by atoms with Crippen LogP contribution in [0.4, 0.5) is 5.82 Å². The molecule has 0 saturated heterocycles. The number of aryl methyl sites for hydroxylation is 1. The van der Waals surface area contributed by atoms with Gasteiger partial charge >= 0.3 is 0 Å². The van der Waals surface area contributed by atoms with E-state index in [1.165, 1.54) is 29.5 Å². The smallest absolute Gasteiger partial charge is 0.199 e. The summed E-state index contributed by atoms with van der Waals surface area (Å²) < 4.78 is 0.546. The Hall–Kier alpha value is -1.68. The third-order valence-electron chi connectivity index (χ3n) is 3.49. The number of H-pyrrole nitrogens is 1. The number of anilines is 1. The van der Waals surface area contributed by atoms with Gasteiger partial charge in [-0.1, -0.05) is 23.8 Å². The summed E-state index contributed by atoms with van der Waals surface area (Å²) in [5, 5.41) is 3.39. The van der Waals surface area contributed by atoms with Crippen molar-refractivity contribution in [3.05, 3.63) is 40.2 Å². The summed E-state index contributed by atoms with van der Waals surface area (Å²) >= 11 is 5.26. The summed E-state index contributed by atoms with van der Waals surface area (Å²) in [7, 11) is 0. The zero-order valence-electron chi connectivity index (χ0n) is 11.0. The van der Waals surface area contributed by atoms with E-state index in [1.807, 2.05) is 0 Å². The van der Waals surface area contributed by atoms with Gasteiger partial charge in [0.05, 0.1) is 5.69 Å². The lowest BCUT2D eigenvalue weighted by molar-refractivity contribution is 0.785. The zero-order chi connectivity index (χ0) is 13.2. The zero-order valence-corrected chi connectivity index (χ0v) is 11.8. The molecule has 1 aliphatic rings. The van der Waals surface area contributed by atoms with Gasteiger partial charge in [0.1, 0.15) is 5.82 Å². The number of nitrogens with zero attached hydrogens (tertiary/aromatic N) is 1. The van der Waals surface area contributed by atoms with Gasteiger partial charge in [-0.3, -0.25) is 0 Å². The minimum atomic E-state index is 0.546. The molecular weight excluding hydrogens is 254 g/mol. The molecule has 0 bridgehead atoms. The minimum Gasteiger partial charge on any atom is -0.370 e. The second-order valence-corrected chi connectivity index (χ2v) is 5.38. The lowest BCUT2D eigenvalue weighted by atomic mass is 10.0. The molecule has 0 atom stereocenters. The van der Waals surface area contributed by atoms with Crippen LogP contribution >= 0.6 is 12.2 Å². The molecule has 3 nitrogen and oxygen atoms in total. The summed E-state index contributed by atoms with van der Waals surface area (Å²) in [6.07, 6.45) is 3.41. The van der Waals surface area contributed by atoms with Gasteiger partial charge in [-0.15, -0.1) is 0 Å². The van der Waals surface area contributed by atoms with E-state index < -0.39 is 0 Å². The monoisotopic (exact) mass is 271 g/mol. The second kappa shape index (κ2) is 5.13. The van der Waals surface area contributed by atoms with Crippen LogP contribution in [0.15, 0.2) is 24.3 Å². The first kappa shape index (κ1) is 12.4. The third kappa shape index (κ3) is 2.54. The Balaban J connectivity index is 2.20. The lowest BCUT2D eigenvalue weighted by Crippen LogP contribution is -2.05. The van der Waals surface area contributed by atoms with Gasteiger partial charge in [-0.05, 0) is 50.0 Å². The fourth-order valence-corrected chi connectivity index (χ4v) is 2.76. The number of hydrogen-bond acceptors (Lipinski definition) is 3. The molecule has 0 spiro atoms. The first-order valence-corrected chi connectivity index (χ1v) is 7.09. The fraction of sp³-hybridized carbons (Fsp3) is 0.333. The van der Waals surface area contributed by atoms with Crippen LogP contribution in [0.25, 0.3) is 11.3 Å². The maximum atomic E-state index is 5.26. The maximum absolute atomic E-state index is 5.26. The van der Waals surface area contributed by atoms with Crippen molar-refractivity contribution in [1.82, 2.24) is 9.97 Å². The maximum Gasteiger partial charge on any atom is 0.199 e. The molecule has 0 fully saturated rings. The van der Waals surface area contributed by atoms with Crippen LogP contribution in [-0.2, 0) is 6.42 Å². The van der Waals surface area contributed by atoms with Crippen LogP contribution in [0.1, 0.15) is 24.0 Å². The highest BCUT2D eigenvalue weighted by atomic mass is 32.1. The number of fused-ring (bicyclic) bond motifs is 1. The van der Waals surface area contributed by atoms with Gasteiger partial charge in [0.15, 0.2) is 4.77 Å². The molecule has 3 rings (SSSR count). The van der Waals surface area contributed by atoms with E-state index in [4.69, 9.17) is 12.2 Å². The molecule has 19 heavy (non-hydrogen) atoms. The summed E-state index contributed by atoms with van der Waals surface area (Å²) in [6.45, 7) is 3.09. The van der Waals surface area contributed by atoms with E-state index in [1.54, 1.807) is 0 Å². The molecule has 98 valence electrons. The molecule has 0 saturated carbocycles. The van der Waals surface area contributed by atoms with Crippen LogP contribution in [-0.4, -0.2) is 16.5 Å². The van der Waals surface area contributed by atoms with E-state index in [0.29, 0.717) is 4.77 Å². The normalized spacial score (nSPS) is 14.4. The van der Waals surface area contributed by atoms with Crippen molar-refractivity contribution < 1.29 is 0 Å². The van der Waals surface area contributed by atoms with E-state index in [-0.39, 0.29) is 0 Å². The molecule has 2 heterocycles. The van der Waals surface area contributed by atoms with Gasteiger partial charge < -0.3 is 10.3 Å². The first-order valence-electron chi connectivity index (χ1n) is 6.68. The van der Waals surface area contributed by atoms with Crippen molar-refractivity contribution in [3.8, 4) is 11.3 Å². The average Bonchev–Trinajstić information content (AvgIpc) is 2.63. The number of rotatable bonds is 1. The van der Waals surface area contributed by atoms with Crippen molar-refractivity contribution in [2.75, 3.05) is 11.9 Å². The number of hydrogen-bond donors (Lipinski definition) is 2. The lowest BCUT2D eigenvalue weighted by Gasteiger charge is -2.12. The van der Waals surface area contributed by atoms with E-state index in [2.05, 4.69) is 46.5 Å². The molecule has 0 amide bonds. The van der Waals surface area contributed by atoms with Crippen molar-refractivity contribution in [2.24, 2.45) is 0 Å². The number of nitrogens with one attached hydrogen (secondary N) is 2. The second-order valence-electron chi connectivity index (χ2n) is 5.00. The van der Waals surface area contributed by atoms with Gasteiger partial charge in [-0.25, -0.2) is 4.98 Å². The van der Waals surface area contributed by atoms with Crippen LogP contribution in [0, 0.1) is 11.7 Å². The van der Waals surface area contributed by atoms with Crippen molar-refractivity contribution >= 4 is 18.0 Å². The fourth-order valence-electron chi connectivity index (χ4n) is 2.57. The topological polar surface area (TPSA) is 40.7 Å². The summed E-state index contributed by atoms with van der Waals surface area (Å²) in [4.78, 5) is 7.70. The third-order valence-corrected chi connectivity index (χ3v) is 3.68. The first-order chi connectivity index (χ1) is 9.24. The standard InChI is InChI=1S/C15H17N3S/c1-10-5-4-6-11(9-10)13-12-7-2-3-8-16-14(12)18-15(19)17-13/h4-6,9H,2-3,7-8H2,1H3,(H2,16,17,18,19). The largest absolute Gasteiger partial charge is 0.370 e. The predicted molar refractivity (Wildman–Crippen MR) is 81.0 cm³/mol. The quantitative estimate of drug-likeness (QED) is 0.774. The number of benzene rings is 1. The summed E-state index contributed by atoms with van der Waals surface area (Å²) in [5.41, 5.74) is 4.82. The highest BCUT2D eigenvalue weighted by Crippen LogP contribution is 2.29. The molecule has 2 N–H and O–H groups in total. The van der Waals surface area contributed by atoms with Gasteiger partial charge in [0, 0.05) is 12.1 Å². The van der Waals surface area contributed by atoms with Crippen molar-refractivity contribution in [2.45, 2.75) is 26.2 Å². The summed E-state index contributed by atoms with van der Waals surface area (Å²) in [5.74, 6) is 0.956. The number of aromatic nitrogens is 2.